The molecule has 0 aliphatic rings. The molecule has 20 heavy (non-hydrogen) atoms. The summed E-state index contributed by atoms with van der Waals surface area (Å²) >= 11 is 5.77. The average molecular weight is 304 g/mol. The van der Waals surface area contributed by atoms with Crippen LogP contribution in [0.4, 0.5) is 23.2 Å². The van der Waals surface area contributed by atoms with E-state index in [1.807, 2.05) is 0 Å². The summed E-state index contributed by atoms with van der Waals surface area (Å²) in [4.78, 5) is 0. The Kier molecular flexibility index (Phi) is 4.18. The van der Waals surface area contributed by atoms with Crippen LogP contribution in [0.15, 0.2) is 42.5 Å². The maximum Gasteiger partial charge on any atom is 0.416 e. The SMILES string of the molecule is Fc1cccc(CNc2cccc(C(F)(F)F)c2)c1Cl. The van der Waals surface area contributed by atoms with Crippen LogP contribution in [0.5, 0.6) is 0 Å². The molecule has 0 spiro atoms. The standard InChI is InChI=1S/C14H10ClF4N/c15-13-9(3-1-6-12(13)16)8-20-11-5-2-4-10(7-11)14(17,18)19/h1-7,20H,8H2. The molecule has 0 saturated carbocycles. The Bertz CT molecular complexity index is 610. The van der Waals surface area contributed by atoms with E-state index in [-0.39, 0.29) is 11.6 Å². The lowest BCUT2D eigenvalue weighted by molar-refractivity contribution is -0.137. The lowest BCUT2D eigenvalue weighted by Gasteiger charge is -2.11. The minimum absolute atomic E-state index is 0.0352. The van der Waals surface area contributed by atoms with Crippen LogP contribution in [0.25, 0.3) is 0 Å². The van der Waals surface area contributed by atoms with E-state index in [0.29, 0.717) is 11.3 Å². The van der Waals surface area contributed by atoms with Gasteiger partial charge in [0.15, 0.2) is 0 Å². The Labute approximate surface area is 118 Å². The van der Waals surface area contributed by atoms with Gasteiger partial charge in [-0.1, -0.05) is 29.8 Å². The van der Waals surface area contributed by atoms with Crippen molar-refractivity contribution in [1.82, 2.24) is 0 Å². The van der Waals surface area contributed by atoms with Crippen LogP contribution in [0.1, 0.15) is 11.1 Å². The molecule has 0 atom stereocenters. The average Bonchev–Trinajstić information content (AvgIpc) is 2.40. The maximum atomic E-state index is 13.2. The van der Waals surface area contributed by atoms with E-state index in [4.69, 9.17) is 11.6 Å². The van der Waals surface area contributed by atoms with Gasteiger partial charge in [0, 0.05) is 12.2 Å². The summed E-state index contributed by atoms with van der Waals surface area (Å²) in [6.45, 7) is 0.137. The number of alkyl halides is 3. The highest BCUT2D eigenvalue weighted by molar-refractivity contribution is 6.31. The molecular weight excluding hydrogens is 294 g/mol. The van der Waals surface area contributed by atoms with Gasteiger partial charge < -0.3 is 5.32 Å². The number of hydrogen-bond donors (Lipinski definition) is 1. The summed E-state index contributed by atoms with van der Waals surface area (Å²) in [6, 6.07) is 9.10. The minimum atomic E-state index is -4.39. The first-order valence-corrected chi connectivity index (χ1v) is 6.10. The predicted octanol–water partition coefficient (Wildman–Crippen LogP) is 5.11. The Balaban J connectivity index is 2.13. The fourth-order valence-corrected chi connectivity index (χ4v) is 1.88. The number of benzene rings is 2. The molecule has 0 aliphatic heterocycles. The van der Waals surface area contributed by atoms with Crippen LogP contribution in [-0.2, 0) is 12.7 Å². The van der Waals surface area contributed by atoms with Crippen LogP contribution in [0.3, 0.4) is 0 Å². The van der Waals surface area contributed by atoms with Gasteiger partial charge in [0.1, 0.15) is 5.82 Å². The van der Waals surface area contributed by atoms with E-state index >= 15 is 0 Å². The van der Waals surface area contributed by atoms with Crippen molar-refractivity contribution in [2.45, 2.75) is 12.7 Å². The summed E-state index contributed by atoms with van der Waals surface area (Å²) in [7, 11) is 0. The Morgan fingerprint density at radius 2 is 1.75 bits per heavy atom. The summed E-state index contributed by atoms with van der Waals surface area (Å²) in [6.07, 6.45) is -4.39. The van der Waals surface area contributed by atoms with Crippen LogP contribution < -0.4 is 5.32 Å². The van der Waals surface area contributed by atoms with Gasteiger partial charge in [-0.3, -0.25) is 0 Å². The molecule has 1 nitrogen and oxygen atoms in total. The molecule has 0 amide bonds. The van der Waals surface area contributed by atoms with Gasteiger partial charge >= 0.3 is 6.18 Å². The second-order valence-corrected chi connectivity index (χ2v) is 4.52. The molecule has 0 aliphatic carbocycles. The molecule has 0 unspecified atom stereocenters. The number of rotatable bonds is 3. The van der Waals surface area contributed by atoms with Crippen molar-refractivity contribution < 1.29 is 17.6 Å². The molecule has 0 bridgehead atoms. The van der Waals surface area contributed by atoms with Crippen molar-refractivity contribution in [3.63, 3.8) is 0 Å². The third-order valence-electron chi connectivity index (χ3n) is 2.70. The maximum absolute atomic E-state index is 13.2. The first-order chi connectivity index (χ1) is 9.38. The minimum Gasteiger partial charge on any atom is -0.381 e. The molecule has 6 heteroatoms. The number of anilines is 1. The van der Waals surface area contributed by atoms with Gasteiger partial charge in [-0.15, -0.1) is 0 Å². The van der Waals surface area contributed by atoms with Crippen molar-refractivity contribution in [3.05, 3.63) is 64.4 Å². The van der Waals surface area contributed by atoms with Crippen molar-refractivity contribution in [2.24, 2.45) is 0 Å². The van der Waals surface area contributed by atoms with E-state index in [9.17, 15) is 17.6 Å². The third-order valence-corrected chi connectivity index (χ3v) is 3.13. The molecule has 0 fully saturated rings. The molecule has 1 N–H and O–H groups in total. The van der Waals surface area contributed by atoms with E-state index < -0.39 is 17.6 Å². The fraction of sp³-hybridized carbons (Fsp3) is 0.143. The summed E-state index contributed by atoms with van der Waals surface area (Å²) < 4.78 is 50.9. The Morgan fingerprint density at radius 1 is 1.05 bits per heavy atom. The second kappa shape index (κ2) is 5.71. The summed E-state index contributed by atoms with van der Waals surface area (Å²) in [5.41, 5.74) is 0.0251. The third kappa shape index (κ3) is 3.42. The Hall–Kier alpha value is -1.75. The van der Waals surface area contributed by atoms with Gasteiger partial charge in [0.25, 0.3) is 0 Å². The van der Waals surface area contributed by atoms with Crippen molar-refractivity contribution in [1.29, 1.82) is 0 Å². The van der Waals surface area contributed by atoms with Crippen LogP contribution in [0.2, 0.25) is 5.02 Å². The van der Waals surface area contributed by atoms with Crippen LogP contribution in [0, 0.1) is 5.82 Å². The summed E-state index contributed by atoms with van der Waals surface area (Å²) in [5.74, 6) is -0.560. The van der Waals surface area contributed by atoms with Crippen LogP contribution in [-0.4, -0.2) is 0 Å². The molecule has 0 aromatic heterocycles. The largest absolute Gasteiger partial charge is 0.416 e. The molecule has 2 rings (SSSR count). The number of hydrogen-bond acceptors (Lipinski definition) is 1. The quantitative estimate of drug-likeness (QED) is 0.777. The normalized spacial score (nSPS) is 11.4. The van der Waals surface area contributed by atoms with Gasteiger partial charge in [-0.2, -0.15) is 13.2 Å². The first-order valence-electron chi connectivity index (χ1n) is 5.72. The van der Waals surface area contributed by atoms with E-state index in [2.05, 4.69) is 5.32 Å². The summed E-state index contributed by atoms with van der Waals surface area (Å²) in [5, 5.41) is 2.76. The second-order valence-electron chi connectivity index (χ2n) is 4.15. The van der Waals surface area contributed by atoms with Gasteiger partial charge in [0.2, 0.25) is 0 Å². The lowest BCUT2D eigenvalue weighted by Crippen LogP contribution is -2.06. The first kappa shape index (κ1) is 14.7. The van der Waals surface area contributed by atoms with E-state index in [1.54, 1.807) is 6.07 Å². The predicted molar refractivity (Wildman–Crippen MR) is 70.2 cm³/mol. The Morgan fingerprint density at radius 3 is 2.45 bits per heavy atom. The molecule has 2 aromatic carbocycles. The molecule has 0 heterocycles. The van der Waals surface area contributed by atoms with Gasteiger partial charge in [-0.25, -0.2) is 4.39 Å². The molecule has 106 valence electrons. The highest BCUT2D eigenvalue weighted by Gasteiger charge is 2.30. The highest BCUT2D eigenvalue weighted by atomic mass is 35.5. The fourth-order valence-electron chi connectivity index (χ4n) is 1.69. The monoisotopic (exact) mass is 303 g/mol. The number of halogens is 5. The smallest absolute Gasteiger partial charge is 0.381 e. The van der Waals surface area contributed by atoms with E-state index in [1.165, 1.54) is 24.3 Å². The molecule has 0 saturated heterocycles. The van der Waals surface area contributed by atoms with Crippen molar-refractivity contribution >= 4 is 17.3 Å². The van der Waals surface area contributed by atoms with Gasteiger partial charge in [0.05, 0.1) is 10.6 Å². The molecule has 2 aromatic rings. The van der Waals surface area contributed by atoms with Crippen LogP contribution >= 0.6 is 11.6 Å². The zero-order valence-corrected chi connectivity index (χ0v) is 10.9. The zero-order valence-electron chi connectivity index (χ0n) is 10.1. The van der Waals surface area contributed by atoms with E-state index in [0.717, 1.165) is 12.1 Å². The lowest BCUT2D eigenvalue weighted by atomic mass is 10.1. The molecular formula is C14H10ClF4N. The van der Waals surface area contributed by atoms with Gasteiger partial charge in [-0.05, 0) is 29.8 Å². The highest BCUT2D eigenvalue weighted by Crippen LogP contribution is 2.31. The number of nitrogens with one attached hydrogen (secondary N) is 1. The topological polar surface area (TPSA) is 12.0 Å². The van der Waals surface area contributed by atoms with Crippen molar-refractivity contribution in [2.75, 3.05) is 5.32 Å². The zero-order chi connectivity index (χ0) is 14.8. The molecule has 0 radical (unpaired) electrons. The van der Waals surface area contributed by atoms with Crippen molar-refractivity contribution in [3.8, 4) is 0 Å².